The molecule has 0 saturated heterocycles. The quantitative estimate of drug-likeness (QED) is 0.309. The number of benzene rings is 4. The molecule has 0 fully saturated rings. The molecule has 0 atom stereocenters. The van der Waals surface area contributed by atoms with E-state index in [1.807, 2.05) is 84.9 Å². The Morgan fingerprint density at radius 2 is 0.893 bits per heavy atom. The molecule has 0 unspecified atom stereocenters. The van der Waals surface area contributed by atoms with Crippen LogP contribution < -0.4 is 0 Å². The lowest BCUT2D eigenvalue weighted by Crippen LogP contribution is -1.92. The van der Waals surface area contributed by atoms with E-state index in [0.29, 0.717) is 11.1 Å². The van der Waals surface area contributed by atoms with Gasteiger partial charge in [-0.1, -0.05) is 86.0 Å². The van der Waals surface area contributed by atoms with E-state index in [0.717, 1.165) is 21.5 Å². The first kappa shape index (κ1) is 19.0. The number of rotatable bonds is 4. The fraction of sp³-hybridized carbons (Fsp3) is 0. The summed E-state index contributed by atoms with van der Waals surface area (Å²) in [6.45, 7) is 6.94. The molecule has 2 heteroatoms. The van der Waals surface area contributed by atoms with Crippen LogP contribution in [0.25, 0.3) is 21.5 Å². The van der Waals surface area contributed by atoms with E-state index in [1.54, 1.807) is 0 Å². The van der Waals surface area contributed by atoms with Crippen LogP contribution in [0.15, 0.2) is 110 Å². The number of allylic oxidation sites excluding steroid dienone is 2. The van der Waals surface area contributed by atoms with Crippen LogP contribution in [0, 0.1) is 0 Å². The number of carbonyl (C=O) groups excluding carboxylic acids is 2. The smallest absolute Gasteiger partial charge is 0.185 e. The minimum atomic E-state index is -0.0317. The lowest BCUT2D eigenvalue weighted by Gasteiger charge is -1.99. The molecule has 4 aromatic rings. The summed E-state index contributed by atoms with van der Waals surface area (Å²) in [6, 6.07) is 27.3. The summed E-state index contributed by atoms with van der Waals surface area (Å²) in [5, 5.41) is 4.46. The van der Waals surface area contributed by atoms with Crippen LogP contribution in [-0.4, -0.2) is 11.6 Å². The Kier molecular flexibility index (Phi) is 5.93. The fourth-order valence-electron chi connectivity index (χ4n) is 2.92. The van der Waals surface area contributed by atoms with E-state index in [2.05, 4.69) is 13.2 Å². The molecule has 0 spiro atoms. The van der Waals surface area contributed by atoms with Gasteiger partial charge in [-0.3, -0.25) is 9.59 Å². The van der Waals surface area contributed by atoms with Gasteiger partial charge in [0.1, 0.15) is 0 Å². The topological polar surface area (TPSA) is 34.1 Å². The second kappa shape index (κ2) is 8.74. The van der Waals surface area contributed by atoms with Gasteiger partial charge in [0, 0.05) is 11.1 Å². The lowest BCUT2D eigenvalue weighted by molar-refractivity contribution is 0.103. The third-order valence-electron chi connectivity index (χ3n) is 4.44. The van der Waals surface area contributed by atoms with E-state index >= 15 is 0 Å². The van der Waals surface area contributed by atoms with E-state index < -0.39 is 0 Å². The first-order chi connectivity index (χ1) is 13.6. The molecular formula is C26H20O2. The predicted octanol–water partition coefficient (Wildman–Crippen LogP) is 6.42. The highest BCUT2D eigenvalue weighted by Crippen LogP contribution is 2.17. The van der Waals surface area contributed by atoms with Crippen LogP contribution >= 0.6 is 0 Å². The van der Waals surface area contributed by atoms with Crippen LogP contribution in [0.1, 0.15) is 20.7 Å². The standard InChI is InChI=1S/2C13H10O/c2*1-2-13(14)12-8-7-10-5-3-4-6-11(10)9-12/h2*2-9H,1H2. The highest BCUT2D eigenvalue weighted by Gasteiger charge is 2.02. The molecule has 0 bridgehead atoms. The van der Waals surface area contributed by atoms with E-state index in [4.69, 9.17) is 0 Å². The number of fused-ring (bicyclic) bond motifs is 2. The molecule has 0 N–H and O–H groups in total. The maximum absolute atomic E-state index is 11.3. The average Bonchev–Trinajstić information content (AvgIpc) is 2.77. The van der Waals surface area contributed by atoms with Crippen molar-refractivity contribution in [2.45, 2.75) is 0 Å². The van der Waals surface area contributed by atoms with Crippen LogP contribution in [0.5, 0.6) is 0 Å². The van der Waals surface area contributed by atoms with Crippen molar-refractivity contribution in [2.24, 2.45) is 0 Å². The molecular weight excluding hydrogens is 344 g/mol. The highest BCUT2D eigenvalue weighted by atomic mass is 16.1. The molecule has 0 amide bonds. The SMILES string of the molecule is C=CC(=O)c1ccc2ccccc2c1.C=CC(=O)c1ccc2ccccc2c1. The average molecular weight is 364 g/mol. The van der Waals surface area contributed by atoms with Gasteiger partial charge in [-0.15, -0.1) is 0 Å². The van der Waals surface area contributed by atoms with Crippen molar-refractivity contribution in [2.75, 3.05) is 0 Å². The van der Waals surface area contributed by atoms with Gasteiger partial charge < -0.3 is 0 Å². The maximum Gasteiger partial charge on any atom is 0.185 e. The molecule has 2 nitrogen and oxygen atoms in total. The number of hydrogen-bond acceptors (Lipinski definition) is 2. The Labute approximate surface area is 164 Å². The molecule has 4 aromatic carbocycles. The van der Waals surface area contributed by atoms with Crippen LogP contribution in [0.2, 0.25) is 0 Å². The summed E-state index contributed by atoms with van der Waals surface area (Å²) in [7, 11) is 0. The van der Waals surface area contributed by atoms with Crippen molar-refractivity contribution >= 4 is 33.1 Å². The Balaban J connectivity index is 0.000000161. The third-order valence-corrected chi connectivity index (χ3v) is 4.44. The van der Waals surface area contributed by atoms with Crippen molar-refractivity contribution in [3.8, 4) is 0 Å². The summed E-state index contributed by atoms with van der Waals surface area (Å²) in [6.07, 6.45) is 2.67. The lowest BCUT2D eigenvalue weighted by atomic mass is 10.0. The highest BCUT2D eigenvalue weighted by molar-refractivity contribution is 6.07. The van der Waals surface area contributed by atoms with Crippen LogP contribution in [-0.2, 0) is 0 Å². The second-order valence-electron chi connectivity index (χ2n) is 6.26. The Morgan fingerprint density at radius 1 is 0.536 bits per heavy atom. The van der Waals surface area contributed by atoms with Gasteiger partial charge >= 0.3 is 0 Å². The van der Waals surface area contributed by atoms with Gasteiger partial charge in [-0.05, 0) is 45.8 Å². The van der Waals surface area contributed by atoms with Crippen molar-refractivity contribution in [1.82, 2.24) is 0 Å². The molecule has 0 aliphatic carbocycles. The molecule has 0 saturated carbocycles. The minimum absolute atomic E-state index is 0.0317. The molecule has 0 aliphatic heterocycles. The van der Waals surface area contributed by atoms with Gasteiger partial charge in [0.15, 0.2) is 11.6 Å². The third kappa shape index (κ3) is 4.30. The normalized spacial score (nSPS) is 10.0. The van der Waals surface area contributed by atoms with Crippen LogP contribution in [0.3, 0.4) is 0 Å². The van der Waals surface area contributed by atoms with Crippen molar-refractivity contribution < 1.29 is 9.59 Å². The first-order valence-corrected chi connectivity index (χ1v) is 8.93. The molecule has 28 heavy (non-hydrogen) atoms. The summed E-state index contributed by atoms with van der Waals surface area (Å²) < 4.78 is 0. The summed E-state index contributed by atoms with van der Waals surface area (Å²) in [4.78, 5) is 22.7. The summed E-state index contributed by atoms with van der Waals surface area (Å²) >= 11 is 0. The maximum atomic E-state index is 11.3. The van der Waals surface area contributed by atoms with Crippen molar-refractivity contribution in [3.05, 3.63) is 121 Å². The largest absolute Gasteiger partial charge is 0.289 e. The Morgan fingerprint density at radius 3 is 1.25 bits per heavy atom. The van der Waals surface area contributed by atoms with Gasteiger partial charge in [-0.2, -0.15) is 0 Å². The van der Waals surface area contributed by atoms with Crippen molar-refractivity contribution in [3.63, 3.8) is 0 Å². The Hall–Kier alpha value is -3.78. The monoisotopic (exact) mass is 364 g/mol. The van der Waals surface area contributed by atoms with E-state index in [1.165, 1.54) is 12.2 Å². The van der Waals surface area contributed by atoms with Crippen molar-refractivity contribution in [1.29, 1.82) is 0 Å². The van der Waals surface area contributed by atoms with Gasteiger partial charge in [0.05, 0.1) is 0 Å². The molecule has 136 valence electrons. The van der Waals surface area contributed by atoms with Gasteiger partial charge in [0.25, 0.3) is 0 Å². The zero-order valence-electron chi connectivity index (χ0n) is 15.5. The van der Waals surface area contributed by atoms with E-state index in [-0.39, 0.29) is 11.6 Å². The second-order valence-corrected chi connectivity index (χ2v) is 6.26. The molecule has 4 rings (SSSR count). The molecule has 0 heterocycles. The van der Waals surface area contributed by atoms with Gasteiger partial charge in [-0.25, -0.2) is 0 Å². The zero-order chi connectivity index (χ0) is 19.9. The van der Waals surface area contributed by atoms with Crippen LogP contribution in [0.4, 0.5) is 0 Å². The minimum Gasteiger partial charge on any atom is -0.289 e. The van der Waals surface area contributed by atoms with E-state index in [9.17, 15) is 9.59 Å². The first-order valence-electron chi connectivity index (χ1n) is 8.93. The Bertz CT molecular complexity index is 1090. The summed E-state index contributed by atoms with van der Waals surface area (Å²) in [5.41, 5.74) is 1.39. The molecule has 0 radical (unpaired) electrons. The fourth-order valence-corrected chi connectivity index (χ4v) is 2.92. The predicted molar refractivity (Wildman–Crippen MR) is 117 cm³/mol. The molecule has 0 aliphatic rings. The number of carbonyl (C=O) groups is 2. The molecule has 0 aromatic heterocycles. The summed E-state index contributed by atoms with van der Waals surface area (Å²) in [5.74, 6) is -0.0634. The zero-order valence-corrected chi connectivity index (χ0v) is 15.5. The number of ketones is 2. The number of hydrogen-bond donors (Lipinski definition) is 0. The van der Waals surface area contributed by atoms with Gasteiger partial charge in [0.2, 0.25) is 0 Å².